The Balaban J connectivity index is 1.46. The van der Waals surface area contributed by atoms with Crippen molar-refractivity contribution in [1.29, 1.82) is 0 Å². The highest BCUT2D eigenvalue weighted by atomic mass is 35.5. The molecule has 2 heterocycles. The average Bonchev–Trinajstić information content (AvgIpc) is 3.44. The topological polar surface area (TPSA) is 110 Å². The molecule has 2 saturated heterocycles. The van der Waals surface area contributed by atoms with Crippen LogP contribution in [-0.2, 0) is 16.2 Å². The summed E-state index contributed by atoms with van der Waals surface area (Å²) in [6, 6.07) is 9.05. The molecule has 2 aliphatic rings. The average molecular weight is 536 g/mol. The molecule has 3 amide bonds. The number of hydrogen-bond donors (Lipinski definition) is 0. The Morgan fingerprint density at radius 1 is 1.14 bits per heavy atom. The molecule has 0 spiro atoms. The third kappa shape index (κ3) is 5.77. The fraction of sp³-hybridized carbons (Fsp3) is 0.261. The van der Waals surface area contributed by atoms with E-state index in [9.17, 15) is 24.5 Å². The van der Waals surface area contributed by atoms with E-state index < -0.39 is 16.1 Å². The summed E-state index contributed by atoms with van der Waals surface area (Å²) in [6.07, 6.45) is 3.31. The number of hydrogen-bond acceptors (Lipinski definition) is 7. The molecule has 12 heteroatoms. The molecule has 2 aliphatic heterocycles. The van der Waals surface area contributed by atoms with Crippen LogP contribution in [0.5, 0.6) is 5.75 Å². The predicted molar refractivity (Wildman–Crippen MR) is 132 cm³/mol. The van der Waals surface area contributed by atoms with Crippen LogP contribution in [0.25, 0.3) is 6.08 Å². The standard InChI is InChI=1S/C23H19Cl2N3O6S/c24-17-9-15(10-18(25)21(17)34-13-14-4-3-5-16(8-14)28(32)33)11-19-22(30)27(23(31)35-19)12-20(29)26-6-1-2-7-26/h3-5,8-11H,1-2,6-7,12-13H2/b19-11+. The zero-order chi connectivity index (χ0) is 25.1. The number of benzene rings is 2. The molecule has 2 aromatic carbocycles. The van der Waals surface area contributed by atoms with Gasteiger partial charge < -0.3 is 9.64 Å². The van der Waals surface area contributed by atoms with Crippen molar-refractivity contribution in [2.75, 3.05) is 19.6 Å². The number of nitro benzene ring substituents is 1. The second-order valence-corrected chi connectivity index (χ2v) is 9.69. The summed E-state index contributed by atoms with van der Waals surface area (Å²) < 4.78 is 5.68. The summed E-state index contributed by atoms with van der Waals surface area (Å²) in [6.45, 7) is 0.993. The number of likely N-dealkylation sites (tertiary alicyclic amines) is 1. The van der Waals surface area contributed by atoms with Crippen LogP contribution in [-0.4, -0.2) is 51.4 Å². The van der Waals surface area contributed by atoms with Gasteiger partial charge in [-0.15, -0.1) is 0 Å². The Morgan fingerprint density at radius 3 is 2.49 bits per heavy atom. The Kier molecular flexibility index (Phi) is 7.63. The molecule has 0 N–H and O–H groups in total. The summed E-state index contributed by atoms with van der Waals surface area (Å²) >= 11 is 13.4. The minimum absolute atomic E-state index is 0.00437. The Bertz CT molecular complexity index is 1220. The van der Waals surface area contributed by atoms with Crippen LogP contribution in [0.4, 0.5) is 10.5 Å². The van der Waals surface area contributed by atoms with Crippen molar-refractivity contribution in [1.82, 2.24) is 9.80 Å². The number of nitrogens with zero attached hydrogens (tertiary/aromatic N) is 3. The van der Waals surface area contributed by atoms with Gasteiger partial charge in [0.25, 0.3) is 16.8 Å². The van der Waals surface area contributed by atoms with Crippen molar-refractivity contribution in [3.8, 4) is 5.75 Å². The van der Waals surface area contributed by atoms with Crippen molar-refractivity contribution in [3.63, 3.8) is 0 Å². The summed E-state index contributed by atoms with van der Waals surface area (Å²) in [7, 11) is 0. The number of nitro groups is 1. The molecule has 0 radical (unpaired) electrons. The molecule has 2 fully saturated rings. The van der Waals surface area contributed by atoms with Crippen LogP contribution in [0.3, 0.4) is 0 Å². The van der Waals surface area contributed by atoms with Crippen LogP contribution in [0.1, 0.15) is 24.0 Å². The van der Waals surface area contributed by atoms with E-state index in [1.165, 1.54) is 30.3 Å². The lowest BCUT2D eigenvalue weighted by atomic mass is 10.2. The van der Waals surface area contributed by atoms with E-state index in [4.69, 9.17) is 27.9 Å². The van der Waals surface area contributed by atoms with Crippen LogP contribution < -0.4 is 4.74 Å². The predicted octanol–water partition coefficient (Wildman–Crippen LogP) is 5.14. The van der Waals surface area contributed by atoms with Gasteiger partial charge in [-0.05, 0) is 53.9 Å². The lowest BCUT2D eigenvalue weighted by molar-refractivity contribution is -0.384. The summed E-state index contributed by atoms with van der Waals surface area (Å²) in [5, 5.41) is 10.8. The molecule has 35 heavy (non-hydrogen) atoms. The molecule has 0 bridgehead atoms. The Hall–Kier alpha value is -3.08. The van der Waals surface area contributed by atoms with Gasteiger partial charge in [0.15, 0.2) is 5.75 Å². The number of carbonyl (C=O) groups is 3. The number of ether oxygens (including phenoxy) is 1. The van der Waals surface area contributed by atoms with E-state index in [1.54, 1.807) is 17.0 Å². The number of thioether (sulfide) groups is 1. The van der Waals surface area contributed by atoms with Gasteiger partial charge in [-0.2, -0.15) is 0 Å². The number of non-ortho nitro benzene ring substituents is 1. The first-order valence-corrected chi connectivity index (χ1v) is 12.2. The van der Waals surface area contributed by atoms with Crippen molar-refractivity contribution in [2.24, 2.45) is 0 Å². The second-order valence-electron chi connectivity index (χ2n) is 7.89. The van der Waals surface area contributed by atoms with Crippen LogP contribution in [0.2, 0.25) is 10.0 Å². The summed E-state index contributed by atoms with van der Waals surface area (Å²) in [5.74, 6) is -0.616. The van der Waals surface area contributed by atoms with E-state index in [2.05, 4.69) is 0 Å². The lowest BCUT2D eigenvalue weighted by Crippen LogP contribution is -2.40. The highest BCUT2D eigenvalue weighted by molar-refractivity contribution is 8.18. The number of halogens is 2. The molecule has 0 aromatic heterocycles. The molecule has 0 atom stereocenters. The zero-order valence-electron chi connectivity index (χ0n) is 18.2. The van der Waals surface area contributed by atoms with Gasteiger partial charge in [0.2, 0.25) is 5.91 Å². The van der Waals surface area contributed by atoms with Gasteiger partial charge in [0.1, 0.15) is 13.2 Å². The van der Waals surface area contributed by atoms with Crippen molar-refractivity contribution < 1.29 is 24.0 Å². The summed E-state index contributed by atoms with van der Waals surface area (Å²) in [4.78, 5) is 50.7. The first kappa shape index (κ1) is 25.0. The second kappa shape index (κ2) is 10.7. The Morgan fingerprint density at radius 2 is 1.83 bits per heavy atom. The van der Waals surface area contributed by atoms with Gasteiger partial charge in [-0.1, -0.05) is 35.3 Å². The quantitative estimate of drug-likeness (QED) is 0.274. The third-order valence-electron chi connectivity index (χ3n) is 5.45. The largest absolute Gasteiger partial charge is 0.486 e. The van der Waals surface area contributed by atoms with Gasteiger partial charge in [0, 0.05) is 25.2 Å². The number of rotatable bonds is 7. The maximum Gasteiger partial charge on any atom is 0.294 e. The fourth-order valence-corrected chi connectivity index (χ4v) is 5.16. The van der Waals surface area contributed by atoms with Gasteiger partial charge in [0.05, 0.1) is 19.9 Å². The molecule has 0 saturated carbocycles. The third-order valence-corrected chi connectivity index (χ3v) is 6.92. The lowest BCUT2D eigenvalue weighted by Gasteiger charge is -2.18. The van der Waals surface area contributed by atoms with Gasteiger partial charge in [-0.25, -0.2) is 0 Å². The van der Waals surface area contributed by atoms with Crippen LogP contribution >= 0.6 is 35.0 Å². The van der Waals surface area contributed by atoms with Crippen molar-refractivity contribution in [2.45, 2.75) is 19.4 Å². The minimum Gasteiger partial charge on any atom is -0.486 e. The van der Waals surface area contributed by atoms with E-state index >= 15 is 0 Å². The first-order chi connectivity index (χ1) is 16.7. The monoisotopic (exact) mass is 535 g/mol. The van der Waals surface area contributed by atoms with Crippen molar-refractivity contribution >= 4 is 63.8 Å². The maximum atomic E-state index is 12.7. The molecule has 0 aliphatic carbocycles. The highest BCUT2D eigenvalue weighted by Gasteiger charge is 2.37. The number of imide groups is 1. The van der Waals surface area contributed by atoms with E-state index in [1.807, 2.05) is 0 Å². The maximum absolute atomic E-state index is 12.7. The van der Waals surface area contributed by atoms with Gasteiger partial charge >= 0.3 is 0 Å². The number of carbonyl (C=O) groups excluding carboxylic acids is 3. The molecular formula is C23H19Cl2N3O6S. The van der Waals surface area contributed by atoms with E-state index in [0.717, 1.165) is 29.5 Å². The zero-order valence-corrected chi connectivity index (χ0v) is 20.6. The van der Waals surface area contributed by atoms with Gasteiger partial charge in [-0.3, -0.25) is 29.4 Å². The molecular weight excluding hydrogens is 517 g/mol. The highest BCUT2D eigenvalue weighted by Crippen LogP contribution is 2.38. The normalized spacial score (nSPS) is 16.9. The molecule has 9 nitrogen and oxygen atoms in total. The summed E-state index contributed by atoms with van der Waals surface area (Å²) in [5.41, 5.74) is 0.973. The van der Waals surface area contributed by atoms with E-state index in [-0.39, 0.29) is 45.4 Å². The Labute approximate surface area is 214 Å². The fourth-order valence-electron chi connectivity index (χ4n) is 3.71. The van der Waals surface area contributed by atoms with E-state index in [0.29, 0.717) is 24.2 Å². The molecule has 0 unspecified atom stereocenters. The number of amides is 3. The molecule has 4 rings (SSSR count). The van der Waals surface area contributed by atoms with Crippen LogP contribution in [0, 0.1) is 10.1 Å². The van der Waals surface area contributed by atoms with Crippen molar-refractivity contribution in [3.05, 3.63) is 72.6 Å². The van der Waals surface area contributed by atoms with Crippen LogP contribution in [0.15, 0.2) is 41.3 Å². The molecule has 182 valence electrons. The SMILES string of the molecule is O=C(CN1C(=O)S/C(=C/c2cc(Cl)c(OCc3cccc([N+](=O)[O-])c3)c(Cl)c2)C1=O)N1CCCC1. The smallest absolute Gasteiger partial charge is 0.294 e. The molecule has 2 aromatic rings. The minimum atomic E-state index is -0.550. The first-order valence-electron chi connectivity index (χ1n) is 10.6.